The Morgan fingerprint density at radius 1 is 1.18 bits per heavy atom. The molecule has 0 spiro atoms. The van der Waals surface area contributed by atoms with Crippen LogP contribution in [0.3, 0.4) is 0 Å². The Kier molecular flexibility index (Phi) is 2.65. The zero-order valence-corrected chi connectivity index (χ0v) is 10.3. The Hall–Kier alpha value is -1.84. The summed E-state index contributed by atoms with van der Waals surface area (Å²) in [4.78, 5) is 23.3. The van der Waals surface area contributed by atoms with Gasteiger partial charge >= 0.3 is 6.03 Å². The summed E-state index contributed by atoms with van der Waals surface area (Å²) in [5.41, 5.74) is 2.22. The lowest BCUT2D eigenvalue weighted by Gasteiger charge is -2.25. The van der Waals surface area contributed by atoms with Crippen LogP contribution in [0.1, 0.15) is 30.0 Å². The van der Waals surface area contributed by atoms with E-state index in [1.807, 2.05) is 39.0 Å². The number of hydrogen-bond donors (Lipinski definition) is 2. The van der Waals surface area contributed by atoms with Crippen LogP contribution in [-0.4, -0.2) is 11.9 Å². The fourth-order valence-corrected chi connectivity index (χ4v) is 2.15. The molecule has 1 heterocycles. The number of rotatable bonds is 2. The molecule has 2 N–H and O–H groups in total. The van der Waals surface area contributed by atoms with Crippen LogP contribution in [0, 0.1) is 13.8 Å². The molecule has 4 nitrogen and oxygen atoms in total. The highest BCUT2D eigenvalue weighted by atomic mass is 16.2. The summed E-state index contributed by atoms with van der Waals surface area (Å²) in [6.45, 7) is 5.91. The highest BCUT2D eigenvalue weighted by Crippen LogP contribution is 2.29. The van der Waals surface area contributed by atoms with E-state index in [0.717, 1.165) is 11.1 Å². The fourth-order valence-electron chi connectivity index (χ4n) is 2.15. The maximum absolute atomic E-state index is 11.9. The second-order valence-corrected chi connectivity index (χ2v) is 4.47. The summed E-state index contributed by atoms with van der Waals surface area (Å²) in [5, 5.41) is 5.03. The van der Waals surface area contributed by atoms with Crippen LogP contribution in [-0.2, 0) is 10.3 Å². The highest BCUT2D eigenvalue weighted by molar-refractivity contribution is 6.07. The average molecular weight is 232 g/mol. The van der Waals surface area contributed by atoms with Gasteiger partial charge in [-0.3, -0.25) is 10.1 Å². The lowest BCUT2D eigenvalue weighted by Crippen LogP contribution is -2.43. The normalized spacial score (nSPS) is 23.5. The summed E-state index contributed by atoms with van der Waals surface area (Å²) >= 11 is 0. The molecule has 0 aliphatic carbocycles. The van der Waals surface area contributed by atoms with E-state index < -0.39 is 11.6 Å². The third-order valence-electron chi connectivity index (χ3n) is 3.47. The molecular formula is C13H16N2O2. The van der Waals surface area contributed by atoms with Gasteiger partial charge in [0.15, 0.2) is 0 Å². The first-order valence-corrected chi connectivity index (χ1v) is 5.71. The standard InChI is InChI=1S/C13H16N2O2/c1-4-13(11(16)14-12(17)15-13)10-6-5-8(2)9(3)7-10/h5-7H,4H2,1-3H3,(H2,14,15,16,17)/t13-/m0/s1. The molecule has 1 atom stereocenters. The Bertz CT molecular complexity index is 496. The van der Waals surface area contributed by atoms with Crippen LogP contribution in [0.25, 0.3) is 0 Å². The molecule has 1 aromatic carbocycles. The monoisotopic (exact) mass is 232 g/mol. The molecule has 0 aromatic heterocycles. The zero-order chi connectivity index (χ0) is 12.6. The third-order valence-corrected chi connectivity index (χ3v) is 3.47. The molecule has 2 rings (SSSR count). The molecule has 0 saturated carbocycles. The molecule has 1 aliphatic rings. The van der Waals surface area contributed by atoms with E-state index >= 15 is 0 Å². The summed E-state index contributed by atoms with van der Waals surface area (Å²) < 4.78 is 0. The molecule has 1 aromatic rings. The van der Waals surface area contributed by atoms with Crippen molar-refractivity contribution < 1.29 is 9.59 Å². The van der Waals surface area contributed by atoms with Crippen LogP contribution in [0.4, 0.5) is 4.79 Å². The number of aryl methyl sites for hydroxylation is 2. The van der Waals surface area contributed by atoms with Gasteiger partial charge in [0.2, 0.25) is 0 Å². The Labute approximate surface area is 100 Å². The van der Waals surface area contributed by atoms with Gasteiger partial charge in [0, 0.05) is 0 Å². The van der Waals surface area contributed by atoms with Crippen LogP contribution in [0.5, 0.6) is 0 Å². The first kappa shape index (κ1) is 11.6. The maximum Gasteiger partial charge on any atom is 0.322 e. The Morgan fingerprint density at radius 3 is 2.35 bits per heavy atom. The average Bonchev–Trinajstić information content (AvgIpc) is 2.58. The van der Waals surface area contributed by atoms with E-state index in [1.54, 1.807) is 0 Å². The second kappa shape index (κ2) is 3.87. The minimum Gasteiger partial charge on any atom is -0.319 e. The summed E-state index contributed by atoms with van der Waals surface area (Å²) in [6.07, 6.45) is 0.535. The summed E-state index contributed by atoms with van der Waals surface area (Å²) in [7, 11) is 0. The van der Waals surface area contributed by atoms with Crippen molar-refractivity contribution in [3.05, 3.63) is 34.9 Å². The smallest absolute Gasteiger partial charge is 0.319 e. The van der Waals surface area contributed by atoms with Crippen molar-refractivity contribution in [2.45, 2.75) is 32.7 Å². The molecule has 1 aliphatic heterocycles. The predicted octanol–water partition coefficient (Wildman–Crippen LogP) is 1.75. The van der Waals surface area contributed by atoms with Crippen molar-refractivity contribution in [1.29, 1.82) is 0 Å². The summed E-state index contributed by atoms with van der Waals surface area (Å²) in [5.74, 6) is -0.270. The minimum absolute atomic E-state index is 0.270. The second-order valence-electron chi connectivity index (χ2n) is 4.47. The number of amides is 3. The molecular weight excluding hydrogens is 216 g/mol. The lowest BCUT2D eigenvalue weighted by molar-refractivity contribution is -0.124. The van der Waals surface area contributed by atoms with Crippen molar-refractivity contribution >= 4 is 11.9 Å². The van der Waals surface area contributed by atoms with Crippen molar-refractivity contribution in [1.82, 2.24) is 10.6 Å². The molecule has 0 unspecified atom stereocenters. The zero-order valence-electron chi connectivity index (χ0n) is 10.3. The van der Waals surface area contributed by atoms with Gasteiger partial charge in [-0.25, -0.2) is 4.79 Å². The number of benzene rings is 1. The van der Waals surface area contributed by atoms with E-state index in [2.05, 4.69) is 10.6 Å². The van der Waals surface area contributed by atoms with Gasteiger partial charge in [-0.1, -0.05) is 25.1 Å². The van der Waals surface area contributed by atoms with E-state index in [-0.39, 0.29) is 5.91 Å². The first-order valence-electron chi connectivity index (χ1n) is 5.71. The van der Waals surface area contributed by atoms with Crippen molar-refractivity contribution in [2.24, 2.45) is 0 Å². The van der Waals surface area contributed by atoms with Gasteiger partial charge in [0.1, 0.15) is 5.54 Å². The molecule has 90 valence electrons. The van der Waals surface area contributed by atoms with Gasteiger partial charge in [-0.15, -0.1) is 0 Å². The number of carbonyl (C=O) groups excluding carboxylic acids is 2. The first-order chi connectivity index (χ1) is 7.99. The minimum atomic E-state index is -0.907. The number of carbonyl (C=O) groups is 2. The number of nitrogens with one attached hydrogen (secondary N) is 2. The number of imide groups is 1. The van der Waals surface area contributed by atoms with Crippen molar-refractivity contribution in [3.63, 3.8) is 0 Å². The predicted molar refractivity (Wildman–Crippen MR) is 64.6 cm³/mol. The van der Waals surface area contributed by atoms with Gasteiger partial charge in [-0.2, -0.15) is 0 Å². The molecule has 0 radical (unpaired) electrons. The molecule has 1 saturated heterocycles. The van der Waals surface area contributed by atoms with Gasteiger partial charge in [-0.05, 0) is 37.0 Å². The van der Waals surface area contributed by atoms with Crippen LogP contribution >= 0.6 is 0 Å². The van der Waals surface area contributed by atoms with Crippen molar-refractivity contribution in [2.75, 3.05) is 0 Å². The molecule has 0 bridgehead atoms. The fraction of sp³-hybridized carbons (Fsp3) is 0.385. The highest BCUT2D eigenvalue weighted by Gasteiger charge is 2.46. The largest absolute Gasteiger partial charge is 0.322 e. The lowest BCUT2D eigenvalue weighted by atomic mass is 9.86. The Balaban J connectivity index is 2.52. The topological polar surface area (TPSA) is 58.2 Å². The molecule has 17 heavy (non-hydrogen) atoms. The van der Waals surface area contributed by atoms with Crippen LogP contribution in [0.2, 0.25) is 0 Å². The van der Waals surface area contributed by atoms with Crippen molar-refractivity contribution in [3.8, 4) is 0 Å². The number of urea groups is 1. The van der Waals surface area contributed by atoms with E-state index in [1.165, 1.54) is 5.56 Å². The maximum atomic E-state index is 11.9. The molecule has 1 fully saturated rings. The van der Waals surface area contributed by atoms with E-state index in [4.69, 9.17) is 0 Å². The van der Waals surface area contributed by atoms with E-state index in [9.17, 15) is 9.59 Å². The molecule has 4 heteroatoms. The molecule has 3 amide bonds. The Morgan fingerprint density at radius 2 is 1.88 bits per heavy atom. The van der Waals surface area contributed by atoms with Crippen LogP contribution < -0.4 is 10.6 Å². The third kappa shape index (κ3) is 1.69. The SMILES string of the molecule is CC[C@@]1(c2ccc(C)c(C)c2)NC(=O)NC1=O. The van der Waals surface area contributed by atoms with Gasteiger partial charge in [0.05, 0.1) is 0 Å². The van der Waals surface area contributed by atoms with E-state index in [0.29, 0.717) is 6.42 Å². The van der Waals surface area contributed by atoms with Gasteiger partial charge in [0.25, 0.3) is 5.91 Å². The summed E-state index contributed by atoms with van der Waals surface area (Å²) in [6, 6.07) is 5.41. The quantitative estimate of drug-likeness (QED) is 0.763. The van der Waals surface area contributed by atoms with Gasteiger partial charge < -0.3 is 5.32 Å². The number of hydrogen-bond acceptors (Lipinski definition) is 2. The van der Waals surface area contributed by atoms with Crippen LogP contribution in [0.15, 0.2) is 18.2 Å².